The summed E-state index contributed by atoms with van der Waals surface area (Å²) in [6.45, 7) is 1.59. The normalized spacial score (nSPS) is 14.2. The van der Waals surface area contributed by atoms with Gasteiger partial charge in [0.2, 0.25) is 5.91 Å². The first-order valence-electron chi connectivity index (χ1n) is 11.5. The first kappa shape index (κ1) is 21.6. The van der Waals surface area contributed by atoms with Crippen molar-refractivity contribution < 1.29 is 9.59 Å². The Morgan fingerprint density at radius 1 is 0.882 bits per heavy atom. The average Bonchev–Trinajstić information content (AvgIpc) is 2.89. The van der Waals surface area contributed by atoms with Gasteiger partial charge in [-0.25, -0.2) is 4.98 Å². The van der Waals surface area contributed by atoms with Crippen LogP contribution in [0, 0.1) is 5.92 Å². The Balaban J connectivity index is 1.36. The number of amides is 2. The predicted octanol–water partition coefficient (Wildman–Crippen LogP) is 4.86. The summed E-state index contributed by atoms with van der Waals surface area (Å²) in [5.74, 6) is -0.423. The number of fused-ring (bicyclic) bond motifs is 1. The molecule has 0 bridgehead atoms. The summed E-state index contributed by atoms with van der Waals surface area (Å²) in [5.41, 5.74) is 10.3. The lowest BCUT2D eigenvalue weighted by atomic mass is 9.96. The lowest BCUT2D eigenvalue weighted by molar-refractivity contribution is -0.122. The van der Waals surface area contributed by atoms with Gasteiger partial charge in [-0.3, -0.25) is 9.59 Å². The monoisotopic (exact) mass is 450 g/mol. The van der Waals surface area contributed by atoms with Gasteiger partial charge in [-0.05, 0) is 49.2 Å². The van der Waals surface area contributed by atoms with E-state index in [0.29, 0.717) is 5.56 Å². The SMILES string of the molecule is NC(=O)C1CCN(c2ccc(NC(=O)c3cc(-c4ccccc4)nc4ccccc34)cc2)CC1. The van der Waals surface area contributed by atoms with E-state index in [4.69, 9.17) is 10.7 Å². The maximum absolute atomic E-state index is 13.3. The van der Waals surface area contributed by atoms with Crippen LogP contribution in [-0.2, 0) is 4.79 Å². The molecule has 1 aliphatic heterocycles. The molecule has 0 unspecified atom stereocenters. The number of piperidine rings is 1. The summed E-state index contributed by atoms with van der Waals surface area (Å²) in [5, 5.41) is 3.85. The molecule has 3 aromatic carbocycles. The summed E-state index contributed by atoms with van der Waals surface area (Å²) in [6.07, 6.45) is 1.54. The van der Waals surface area contributed by atoms with Gasteiger partial charge in [0.25, 0.3) is 5.91 Å². The summed E-state index contributed by atoms with van der Waals surface area (Å²) >= 11 is 0. The summed E-state index contributed by atoms with van der Waals surface area (Å²) in [4.78, 5) is 31.7. The minimum Gasteiger partial charge on any atom is -0.371 e. The number of benzene rings is 3. The Morgan fingerprint density at radius 3 is 2.26 bits per heavy atom. The molecule has 1 fully saturated rings. The van der Waals surface area contributed by atoms with Gasteiger partial charge in [0.05, 0.1) is 16.8 Å². The quantitative estimate of drug-likeness (QED) is 0.455. The van der Waals surface area contributed by atoms with Crippen molar-refractivity contribution >= 4 is 34.1 Å². The summed E-state index contributed by atoms with van der Waals surface area (Å²) in [6, 6.07) is 27.2. The molecule has 0 aliphatic carbocycles. The fourth-order valence-electron chi connectivity index (χ4n) is 4.50. The van der Waals surface area contributed by atoms with Crippen molar-refractivity contribution in [3.8, 4) is 11.3 Å². The van der Waals surface area contributed by atoms with Crippen molar-refractivity contribution in [3.05, 3.63) is 90.5 Å². The van der Waals surface area contributed by atoms with Gasteiger partial charge < -0.3 is 16.0 Å². The number of anilines is 2. The second-order valence-electron chi connectivity index (χ2n) is 8.60. The van der Waals surface area contributed by atoms with Crippen LogP contribution in [0.25, 0.3) is 22.2 Å². The van der Waals surface area contributed by atoms with Crippen molar-refractivity contribution in [2.24, 2.45) is 11.7 Å². The third-order valence-corrected chi connectivity index (χ3v) is 6.42. The van der Waals surface area contributed by atoms with E-state index in [1.165, 1.54) is 0 Å². The van der Waals surface area contributed by atoms with E-state index in [1.54, 1.807) is 0 Å². The van der Waals surface area contributed by atoms with Crippen molar-refractivity contribution in [3.63, 3.8) is 0 Å². The molecule has 1 aromatic heterocycles. The molecule has 0 radical (unpaired) electrons. The Hall–Kier alpha value is -4.19. The van der Waals surface area contributed by atoms with E-state index < -0.39 is 0 Å². The first-order valence-corrected chi connectivity index (χ1v) is 11.5. The van der Waals surface area contributed by atoms with Crippen LogP contribution < -0.4 is 16.0 Å². The number of carbonyl (C=O) groups is 2. The van der Waals surface area contributed by atoms with Crippen LogP contribution in [0.5, 0.6) is 0 Å². The third-order valence-electron chi connectivity index (χ3n) is 6.42. The zero-order valence-corrected chi connectivity index (χ0v) is 18.8. The molecular weight excluding hydrogens is 424 g/mol. The fourth-order valence-corrected chi connectivity index (χ4v) is 4.50. The number of hydrogen-bond acceptors (Lipinski definition) is 4. The van der Waals surface area contributed by atoms with Crippen LogP contribution in [0.1, 0.15) is 23.2 Å². The van der Waals surface area contributed by atoms with Crippen LogP contribution in [-0.4, -0.2) is 29.9 Å². The molecule has 0 spiro atoms. The molecule has 170 valence electrons. The topological polar surface area (TPSA) is 88.3 Å². The zero-order valence-electron chi connectivity index (χ0n) is 18.8. The second-order valence-corrected chi connectivity index (χ2v) is 8.60. The Kier molecular flexibility index (Phi) is 5.95. The number of aromatic nitrogens is 1. The second kappa shape index (κ2) is 9.35. The molecule has 3 N–H and O–H groups in total. The molecule has 1 saturated heterocycles. The Bertz CT molecular complexity index is 1330. The molecule has 1 aliphatic rings. The number of nitrogens with zero attached hydrogens (tertiary/aromatic N) is 2. The number of nitrogens with one attached hydrogen (secondary N) is 1. The minimum atomic E-state index is -0.211. The molecule has 34 heavy (non-hydrogen) atoms. The number of primary amides is 1. The number of rotatable bonds is 5. The smallest absolute Gasteiger partial charge is 0.256 e. The Morgan fingerprint density at radius 2 is 1.56 bits per heavy atom. The van der Waals surface area contributed by atoms with E-state index >= 15 is 0 Å². The maximum atomic E-state index is 13.3. The van der Waals surface area contributed by atoms with Crippen molar-refractivity contribution in [2.45, 2.75) is 12.8 Å². The molecule has 0 saturated carbocycles. The van der Waals surface area contributed by atoms with Crippen molar-refractivity contribution in [1.29, 1.82) is 0 Å². The molecule has 6 nitrogen and oxygen atoms in total. The van der Waals surface area contributed by atoms with Gasteiger partial charge in [0.15, 0.2) is 0 Å². The van der Waals surface area contributed by atoms with Gasteiger partial charge in [0.1, 0.15) is 0 Å². The van der Waals surface area contributed by atoms with Gasteiger partial charge >= 0.3 is 0 Å². The highest BCUT2D eigenvalue weighted by molar-refractivity contribution is 6.13. The molecular formula is C28H26N4O2. The number of carbonyl (C=O) groups excluding carboxylic acids is 2. The van der Waals surface area contributed by atoms with Crippen LogP contribution in [0.15, 0.2) is 84.9 Å². The summed E-state index contributed by atoms with van der Waals surface area (Å²) in [7, 11) is 0. The molecule has 2 amide bonds. The zero-order chi connectivity index (χ0) is 23.5. The molecule has 4 aromatic rings. The standard InChI is InChI=1S/C28H26N4O2/c29-27(33)20-14-16-32(17-15-20)22-12-10-21(11-13-22)30-28(34)24-18-26(19-6-2-1-3-7-19)31-25-9-5-4-8-23(24)25/h1-13,18,20H,14-17H2,(H2,29,33)(H,30,34). The first-order chi connectivity index (χ1) is 16.6. The van der Waals surface area contributed by atoms with Crippen molar-refractivity contribution in [1.82, 2.24) is 4.98 Å². The van der Waals surface area contributed by atoms with Crippen LogP contribution in [0.3, 0.4) is 0 Å². The van der Waals surface area contributed by atoms with Crippen LogP contribution >= 0.6 is 0 Å². The van der Waals surface area contributed by atoms with E-state index in [1.807, 2.05) is 84.9 Å². The molecule has 5 rings (SSSR count). The van der Waals surface area contributed by atoms with Crippen LogP contribution in [0.2, 0.25) is 0 Å². The van der Waals surface area contributed by atoms with E-state index in [-0.39, 0.29) is 17.7 Å². The van der Waals surface area contributed by atoms with Gasteiger partial charge in [-0.1, -0.05) is 48.5 Å². The fraction of sp³-hybridized carbons (Fsp3) is 0.179. The highest BCUT2D eigenvalue weighted by Crippen LogP contribution is 2.27. The minimum absolute atomic E-state index is 0.0363. The number of nitrogens with two attached hydrogens (primary N) is 1. The predicted molar refractivity (Wildman–Crippen MR) is 136 cm³/mol. The average molecular weight is 451 g/mol. The van der Waals surface area contributed by atoms with E-state index in [0.717, 1.165) is 59.5 Å². The highest BCUT2D eigenvalue weighted by atomic mass is 16.2. The van der Waals surface area contributed by atoms with Crippen LogP contribution in [0.4, 0.5) is 11.4 Å². The highest BCUT2D eigenvalue weighted by Gasteiger charge is 2.23. The Labute approximate surface area is 198 Å². The van der Waals surface area contributed by atoms with E-state index in [9.17, 15) is 9.59 Å². The largest absolute Gasteiger partial charge is 0.371 e. The van der Waals surface area contributed by atoms with E-state index in [2.05, 4.69) is 10.2 Å². The number of hydrogen-bond donors (Lipinski definition) is 2. The lowest BCUT2D eigenvalue weighted by Gasteiger charge is -2.32. The maximum Gasteiger partial charge on any atom is 0.256 e. The number of para-hydroxylation sites is 1. The van der Waals surface area contributed by atoms with Gasteiger partial charge in [-0.15, -0.1) is 0 Å². The van der Waals surface area contributed by atoms with Gasteiger partial charge in [-0.2, -0.15) is 0 Å². The third kappa shape index (κ3) is 4.48. The lowest BCUT2D eigenvalue weighted by Crippen LogP contribution is -2.38. The number of pyridine rings is 1. The molecule has 6 heteroatoms. The van der Waals surface area contributed by atoms with Gasteiger partial charge in [0, 0.05) is 41.3 Å². The van der Waals surface area contributed by atoms with Crippen molar-refractivity contribution in [2.75, 3.05) is 23.3 Å². The summed E-state index contributed by atoms with van der Waals surface area (Å²) < 4.78 is 0. The molecule has 0 atom stereocenters. The molecule has 2 heterocycles.